The van der Waals surface area contributed by atoms with Gasteiger partial charge in [-0.2, -0.15) is 0 Å². The predicted molar refractivity (Wildman–Crippen MR) is 89.6 cm³/mol. The summed E-state index contributed by atoms with van der Waals surface area (Å²) in [5.74, 6) is -4.13. The van der Waals surface area contributed by atoms with Crippen molar-refractivity contribution in [3.05, 3.63) is 0 Å². The van der Waals surface area contributed by atoms with Gasteiger partial charge in [0.15, 0.2) is 0 Å². The largest absolute Gasteiger partial charge is 0.480 e. The second-order valence-corrected chi connectivity index (χ2v) is 7.15. The van der Waals surface area contributed by atoms with Crippen LogP contribution in [0.1, 0.15) is 44.9 Å². The minimum absolute atomic E-state index is 0.118. The van der Waals surface area contributed by atoms with Gasteiger partial charge in [0.05, 0.1) is 19.6 Å². The number of hydrogen-bond acceptors (Lipinski definition) is 5. The summed E-state index contributed by atoms with van der Waals surface area (Å²) in [4.78, 5) is 49.2. The van der Waals surface area contributed by atoms with Crippen molar-refractivity contribution in [2.45, 2.75) is 50.5 Å². The first kappa shape index (κ1) is 20.2. The lowest BCUT2D eigenvalue weighted by atomic mass is 9.73. The minimum Gasteiger partial charge on any atom is -0.480 e. The number of hydrogen-bond donors (Lipinski definition) is 3. The second kappa shape index (κ2) is 8.48. The van der Waals surface area contributed by atoms with Gasteiger partial charge in [-0.3, -0.25) is 19.3 Å². The smallest absolute Gasteiger partial charge is 0.329 e. The molecule has 9 nitrogen and oxygen atoms in total. The molecule has 146 valence electrons. The summed E-state index contributed by atoms with van der Waals surface area (Å²) in [7, 11) is 0. The molecule has 1 saturated heterocycles. The second-order valence-electron chi connectivity index (χ2n) is 7.15. The molecule has 0 bridgehead atoms. The van der Waals surface area contributed by atoms with E-state index in [4.69, 9.17) is 10.2 Å². The van der Waals surface area contributed by atoms with Gasteiger partial charge in [0.1, 0.15) is 5.54 Å². The van der Waals surface area contributed by atoms with E-state index in [2.05, 4.69) is 0 Å². The van der Waals surface area contributed by atoms with Crippen molar-refractivity contribution in [3.8, 4) is 0 Å². The van der Waals surface area contributed by atoms with Gasteiger partial charge >= 0.3 is 17.9 Å². The van der Waals surface area contributed by atoms with E-state index in [1.165, 1.54) is 4.90 Å². The fraction of sp³-hybridized carbons (Fsp3) is 0.765. The molecule has 2 aliphatic rings. The molecule has 3 N–H and O–H groups in total. The lowest BCUT2D eigenvalue weighted by molar-refractivity contribution is -0.162. The van der Waals surface area contributed by atoms with E-state index >= 15 is 0 Å². The van der Waals surface area contributed by atoms with E-state index in [-0.39, 0.29) is 5.92 Å². The van der Waals surface area contributed by atoms with E-state index in [1.54, 1.807) is 0 Å². The molecular weight excluding hydrogens is 344 g/mol. The molecule has 0 aromatic carbocycles. The van der Waals surface area contributed by atoms with E-state index < -0.39 is 49.0 Å². The van der Waals surface area contributed by atoms with Gasteiger partial charge in [0.2, 0.25) is 5.91 Å². The summed E-state index contributed by atoms with van der Waals surface area (Å²) in [5, 5.41) is 27.8. The Balaban J connectivity index is 2.19. The van der Waals surface area contributed by atoms with E-state index in [0.717, 1.165) is 37.0 Å². The highest BCUT2D eigenvalue weighted by Gasteiger charge is 2.54. The van der Waals surface area contributed by atoms with Gasteiger partial charge in [-0.25, -0.2) is 4.79 Å². The first-order chi connectivity index (χ1) is 12.3. The standard InChI is InChI=1S/C17H26N2O7/c20-13(9-18(10-14(21)22)11-15(23)24)19-8-4-7-17(19,16(25)26)12-5-2-1-3-6-12/h12H,1-11H2,(H,21,22)(H,23,24)(H,25,26)/t17-/m1/s1. The Morgan fingerprint density at radius 2 is 1.46 bits per heavy atom. The number of aliphatic carboxylic acids is 3. The van der Waals surface area contributed by atoms with E-state index in [1.807, 2.05) is 0 Å². The molecule has 0 aromatic rings. The van der Waals surface area contributed by atoms with Crippen LogP contribution in [0.25, 0.3) is 0 Å². The third-order valence-electron chi connectivity index (χ3n) is 5.45. The number of carbonyl (C=O) groups is 4. The molecule has 26 heavy (non-hydrogen) atoms. The summed E-state index contributed by atoms with van der Waals surface area (Å²) >= 11 is 0. The molecular formula is C17H26N2O7. The molecule has 9 heteroatoms. The number of carbonyl (C=O) groups excluding carboxylic acids is 1. The van der Waals surface area contributed by atoms with Crippen LogP contribution in [0.3, 0.4) is 0 Å². The Labute approximate surface area is 151 Å². The van der Waals surface area contributed by atoms with Crippen LogP contribution < -0.4 is 0 Å². The zero-order valence-electron chi connectivity index (χ0n) is 14.7. The molecule has 0 spiro atoms. The zero-order valence-corrected chi connectivity index (χ0v) is 14.7. The summed E-state index contributed by atoms with van der Waals surface area (Å²) in [5.41, 5.74) is -1.25. The highest BCUT2D eigenvalue weighted by Crippen LogP contribution is 2.43. The summed E-state index contributed by atoms with van der Waals surface area (Å²) in [6, 6.07) is 0. The molecule has 1 aliphatic heterocycles. The topological polar surface area (TPSA) is 135 Å². The third-order valence-corrected chi connectivity index (χ3v) is 5.45. The summed E-state index contributed by atoms with van der Waals surface area (Å²) in [6.45, 7) is -1.29. The Hall–Kier alpha value is -2.16. The average Bonchev–Trinajstić information content (AvgIpc) is 3.00. The van der Waals surface area contributed by atoms with Gasteiger partial charge in [0.25, 0.3) is 0 Å². The van der Waals surface area contributed by atoms with E-state index in [9.17, 15) is 24.3 Å². The molecule has 1 atom stereocenters. The maximum absolute atomic E-state index is 12.8. The molecule has 2 rings (SSSR count). The Morgan fingerprint density at radius 1 is 0.885 bits per heavy atom. The Kier molecular flexibility index (Phi) is 6.57. The molecule has 1 aliphatic carbocycles. The van der Waals surface area contributed by atoms with Crippen LogP contribution in [-0.4, -0.2) is 80.7 Å². The molecule has 0 aromatic heterocycles. The van der Waals surface area contributed by atoms with Crippen LogP contribution in [0.2, 0.25) is 0 Å². The van der Waals surface area contributed by atoms with Crippen molar-refractivity contribution < 1.29 is 34.5 Å². The normalized spacial score (nSPS) is 24.0. The van der Waals surface area contributed by atoms with Crippen LogP contribution in [0.4, 0.5) is 0 Å². The molecule has 1 heterocycles. The SMILES string of the molecule is O=C(O)CN(CC(=O)O)CC(=O)N1CCC[C@]1(C(=O)O)C1CCCCC1. The lowest BCUT2D eigenvalue weighted by Crippen LogP contribution is -2.60. The minimum atomic E-state index is -1.25. The molecule has 0 radical (unpaired) electrons. The summed E-state index contributed by atoms with van der Waals surface area (Å²) in [6.07, 6.45) is 5.40. The fourth-order valence-electron chi connectivity index (χ4n) is 4.42. The summed E-state index contributed by atoms with van der Waals surface area (Å²) < 4.78 is 0. The maximum Gasteiger partial charge on any atom is 0.329 e. The molecule has 1 amide bonds. The quantitative estimate of drug-likeness (QED) is 0.561. The van der Waals surface area contributed by atoms with Crippen molar-refractivity contribution in [2.24, 2.45) is 5.92 Å². The van der Waals surface area contributed by atoms with Crippen LogP contribution in [0.15, 0.2) is 0 Å². The third kappa shape index (κ3) is 4.32. The molecule has 2 fully saturated rings. The van der Waals surface area contributed by atoms with Crippen LogP contribution >= 0.6 is 0 Å². The Bertz CT molecular complexity index is 557. The molecule has 0 unspecified atom stereocenters. The number of amides is 1. The first-order valence-electron chi connectivity index (χ1n) is 8.97. The van der Waals surface area contributed by atoms with Gasteiger partial charge in [-0.05, 0) is 31.6 Å². The average molecular weight is 370 g/mol. The van der Waals surface area contributed by atoms with Crippen molar-refractivity contribution in [3.63, 3.8) is 0 Å². The van der Waals surface area contributed by atoms with Gasteiger partial charge < -0.3 is 20.2 Å². The van der Waals surface area contributed by atoms with Crippen molar-refractivity contribution >= 4 is 23.8 Å². The van der Waals surface area contributed by atoms with Gasteiger partial charge in [0, 0.05) is 6.54 Å². The number of carboxylic acid groups (broad SMARTS) is 3. The van der Waals surface area contributed by atoms with Crippen LogP contribution in [0, 0.1) is 5.92 Å². The lowest BCUT2D eigenvalue weighted by Gasteiger charge is -2.43. The first-order valence-corrected chi connectivity index (χ1v) is 8.97. The van der Waals surface area contributed by atoms with Crippen LogP contribution in [-0.2, 0) is 19.2 Å². The fourth-order valence-corrected chi connectivity index (χ4v) is 4.42. The number of nitrogens with zero attached hydrogens (tertiary/aromatic N) is 2. The van der Waals surface area contributed by atoms with Crippen molar-refractivity contribution in [1.29, 1.82) is 0 Å². The zero-order chi connectivity index (χ0) is 19.3. The Morgan fingerprint density at radius 3 is 1.96 bits per heavy atom. The predicted octanol–water partition coefficient (Wildman–Crippen LogP) is 0.484. The van der Waals surface area contributed by atoms with Crippen molar-refractivity contribution in [1.82, 2.24) is 9.80 Å². The number of likely N-dealkylation sites (tertiary alicyclic amines) is 1. The molecule has 1 saturated carbocycles. The highest BCUT2D eigenvalue weighted by atomic mass is 16.4. The van der Waals surface area contributed by atoms with Gasteiger partial charge in [-0.15, -0.1) is 0 Å². The van der Waals surface area contributed by atoms with Gasteiger partial charge in [-0.1, -0.05) is 19.3 Å². The number of rotatable bonds is 8. The number of carboxylic acids is 3. The highest BCUT2D eigenvalue weighted by molar-refractivity contribution is 5.89. The van der Waals surface area contributed by atoms with Crippen LogP contribution in [0.5, 0.6) is 0 Å². The van der Waals surface area contributed by atoms with E-state index in [0.29, 0.717) is 19.4 Å². The monoisotopic (exact) mass is 370 g/mol. The van der Waals surface area contributed by atoms with Crippen molar-refractivity contribution in [2.75, 3.05) is 26.2 Å². The maximum atomic E-state index is 12.8.